The van der Waals surface area contributed by atoms with Gasteiger partial charge < -0.3 is 11.1 Å². The molecule has 5 nitrogen and oxygen atoms in total. The van der Waals surface area contributed by atoms with Crippen molar-refractivity contribution < 1.29 is 9.59 Å². The Bertz CT molecular complexity index is 499. The van der Waals surface area contributed by atoms with E-state index in [9.17, 15) is 9.59 Å². The summed E-state index contributed by atoms with van der Waals surface area (Å²) in [5.74, 6) is -0.100. The zero-order valence-corrected chi connectivity index (χ0v) is 11.1. The Kier molecular flexibility index (Phi) is 4.04. The van der Waals surface area contributed by atoms with Crippen LogP contribution in [0.5, 0.6) is 0 Å². The maximum absolute atomic E-state index is 12.1. The minimum absolute atomic E-state index is 0.100. The third-order valence-electron chi connectivity index (χ3n) is 3.44. The lowest BCUT2D eigenvalue weighted by Gasteiger charge is -2.20. The van der Waals surface area contributed by atoms with Crippen molar-refractivity contribution in [2.24, 2.45) is 0 Å². The Morgan fingerprint density at radius 1 is 1.32 bits per heavy atom. The van der Waals surface area contributed by atoms with Gasteiger partial charge in [-0.3, -0.25) is 9.69 Å². The van der Waals surface area contributed by atoms with Crippen LogP contribution in [-0.4, -0.2) is 23.4 Å². The van der Waals surface area contributed by atoms with E-state index in [0.717, 1.165) is 24.8 Å². The van der Waals surface area contributed by atoms with E-state index in [1.54, 1.807) is 18.2 Å². The van der Waals surface area contributed by atoms with Crippen molar-refractivity contribution in [3.05, 3.63) is 23.8 Å². The number of amides is 3. The van der Waals surface area contributed by atoms with Crippen molar-refractivity contribution in [2.75, 3.05) is 17.6 Å². The zero-order valence-electron chi connectivity index (χ0n) is 11.1. The number of nitrogens with zero attached hydrogens (tertiary/aromatic N) is 1. The van der Waals surface area contributed by atoms with Gasteiger partial charge >= 0.3 is 6.03 Å². The van der Waals surface area contributed by atoms with Crippen LogP contribution in [0.1, 0.15) is 31.2 Å². The predicted octanol–water partition coefficient (Wildman–Crippen LogP) is 2.51. The minimum atomic E-state index is -0.361. The van der Waals surface area contributed by atoms with Crippen molar-refractivity contribution in [1.29, 1.82) is 0 Å². The number of hydrogen-bond acceptors (Lipinski definition) is 3. The Labute approximate surface area is 112 Å². The summed E-state index contributed by atoms with van der Waals surface area (Å²) in [4.78, 5) is 25.3. The molecule has 3 N–H and O–H groups in total. The molecule has 1 heterocycles. The number of carbonyl (C=O) groups excluding carboxylic acids is 2. The number of nitrogens with two attached hydrogens (primary N) is 1. The standard InChI is InChI=1S/C14H19N3O2/c1-10-11(15)6-5-7-12(10)16-14(19)17-9-4-2-3-8-13(17)18/h5-7H,2-4,8-9,15H2,1H3,(H,16,19). The molecule has 19 heavy (non-hydrogen) atoms. The van der Waals surface area contributed by atoms with Crippen molar-refractivity contribution in [3.8, 4) is 0 Å². The summed E-state index contributed by atoms with van der Waals surface area (Å²) in [5.41, 5.74) is 7.89. The average molecular weight is 261 g/mol. The molecule has 1 saturated heterocycles. The van der Waals surface area contributed by atoms with Crippen LogP contribution in [0.15, 0.2) is 18.2 Å². The highest BCUT2D eigenvalue weighted by Gasteiger charge is 2.23. The Balaban J connectivity index is 2.11. The van der Waals surface area contributed by atoms with E-state index in [4.69, 9.17) is 5.73 Å². The lowest BCUT2D eigenvalue weighted by molar-refractivity contribution is -0.127. The van der Waals surface area contributed by atoms with Gasteiger partial charge in [0.05, 0.1) is 0 Å². The smallest absolute Gasteiger partial charge is 0.328 e. The van der Waals surface area contributed by atoms with Crippen molar-refractivity contribution in [1.82, 2.24) is 4.90 Å². The van der Waals surface area contributed by atoms with E-state index in [0.29, 0.717) is 24.3 Å². The van der Waals surface area contributed by atoms with E-state index in [1.807, 2.05) is 6.92 Å². The lowest BCUT2D eigenvalue weighted by atomic mass is 10.1. The van der Waals surface area contributed by atoms with E-state index in [-0.39, 0.29) is 11.9 Å². The molecule has 5 heteroatoms. The summed E-state index contributed by atoms with van der Waals surface area (Å²) in [6.45, 7) is 2.33. The second-order valence-electron chi connectivity index (χ2n) is 4.81. The normalized spacial score (nSPS) is 16.1. The Morgan fingerprint density at radius 2 is 2.11 bits per heavy atom. The molecule has 0 spiro atoms. The van der Waals surface area contributed by atoms with Gasteiger partial charge in [0.15, 0.2) is 0 Å². The molecule has 1 aromatic rings. The fourth-order valence-electron chi connectivity index (χ4n) is 2.17. The van der Waals surface area contributed by atoms with Crippen LogP contribution in [-0.2, 0) is 4.79 Å². The van der Waals surface area contributed by atoms with Crippen LogP contribution >= 0.6 is 0 Å². The predicted molar refractivity (Wildman–Crippen MR) is 74.8 cm³/mol. The molecule has 1 aromatic carbocycles. The van der Waals surface area contributed by atoms with Gasteiger partial charge in [0.25, 0.3) is 0 Å². The van der Waals surface area contributed by atoms with Crippen LogP contribution in [0.2, 0.25) is 0 Å². The van der Waals surface area contributed by atoms with Crippen molar-refractivity contribution >= 4 is 23.3 Å². The second-order valence-corrected chi connectivity index (χ2v) is 4.81. The van der Waals surface area contributed by atoms with Gasteiger partial charge in [0.2, 0.25) is 5.91 Å². The molecule has 0 bridgehead atoms. The topological polar surface area (TPSA) is 75.4 Å². The van der Waals surface area contributed by atoms with Crippen LogP contribution in [0.3, 0.4) is 0 Å². The number of rotatable bonds is 1. The number of carbonyl (C=O) groups is 2. The first kappa shape index (κ1) is 13.4. The van der Waals surface area contributed by atoms with Gasteiger partial charge in [-0.1, -0.05) is 12.5 Å². The number of anilines is 2. The molecule has 0 unspecified atom stereocenters. The van der Waals surface area contributed by atoms with Gasteiger partial charge in [0, 0.05) is 24.3 Å². The average Bonchev–Trinajstić information content (AvgIpc) is 2.59. The lowest BCUT2D eigenvalue weighted by Crippen LogP contribution is -2.39. The molecule has 0 aromatic heterocycles. The summed E-state index contributed by atoms with van der Waals surface area (Å²) in [6, 6.07) is 4.98. The highest BCUT2D eigenvalue weighted by Crippen LogP contribution is 2.21. The third kappa shape index (κ3) is 3.05. The molecule has 1 fully saturated rings. The van der Waals surface area contributed by atoms with E-state index in [2.05, 4.69) is 5.32 Å². The number of nitrogens with one attached hydrogen (secondary N) is 1. The fourth-order valence-corrected chi connectivity index (χ4v) is 2.17. The molecular weight excluding hydrogens is 242 g/mol. The zero-order chi connectivity index (χ0) is 13.8. The van der Waals surface area contributed by atoms with E-state index < -0.39 is 0 Å². The van der Waals surface area contributed by atoms with Gasteiger partial charge in [-0.15, -0.1) is 0 Å². The van der Waals surface area contributed by atoms with Crippen LogP contribution in [0, 0.1) is 6.92 Å². The van der Waals surface area contributed by atoms with Crippen molar-refractivity contribution in [3.63, 3.8) is 0 Å². The van der Waals surface area contributed by atoms with Gasteiger partial charge in [0.1, 0.15) is 0 Å². The minimum Gasteiger partial charge on any atom is -0.398 e. The number of urea groups is 1. The highest BCUT2D eigenvalue weighted by molar-refractivity contribution is 6.01. The summed E-state index contributed by atoms with van der Waals surface area (Å²) in [5, 5.41) is 2.77. The van der Waals surface area contributed by atoms with E-state index in [1.165, 1.54) is 4.90 Å². The molecule has 102 valence electrons. The third-order valence-corrected chi connectivity index (χ3v) is 3.44. The number of likely N-dealkylation sites (tertiary alicyclic amines) is 1. The Morgan fingerprint density at radius 3 is 2.89 bits per heavy atom. The summed E-state index contributed by atoms with van der Waals surface area (Å²) >= 11 is 0. The molecule has 3 amide bonds. The quantitative estimate of drug-likeness (QED) is 0.763. The first-order chi connectivity index (χ1) is 9.09. The number of benzene rings is 1. The van der Waals surface area contributed by atoms with Crippen molar-refractivity contribution in [2.45, 2.75) is 32.6 Å². The molecule has 0 atom stereocenters. The van der Waals surface area contributed by atoms with Gasteiger partial charge in [-0.05, 0) is 37.5 Å². The number of hydrogen-bond donors (Lipinski definition) is 2. The molecule has 0 radical (unpaired) electrons. The second kappa shape index (κ2) is 5.73. The number of nitrogen functional groups attached to an aromatic ring is 1. The molecule has 2 rings (SSSR count). The molecule has 0 aliphatic carbocycles. The highest BCUT2D eigenvalue weighted by atomic mass is 16.2. The maximum atomic E-state index is 12.1. The maximum Gasteiger partial charge on any atom is 0.328 e. The van der Waals surface area contributed by atoms with Crippen LogP contribution in [0.4, 0.5) is 16.2 Å². The molecule has 0 saturated carbocycles. The first-order valence-electron chi connectivity index (χ1n) is 6.56. The van der Waals surface area contributed by atoms with Crippen LogP contribution < -0.4 is 11.1 Å². The largest absolute Gasteiger partial charge is 0.398 e. The van der Waals surface area contributed by atoms with Gasteiger partial charge in [-0.25, -0.2) is 4.79 Å². The monoisotopic (exact) mass is 261 g/mol. The molecule has 1 aliphatic rings. The summed E-state index contributed by atoms with van der Waals surface area (Å²) in [6.07, 6.45) is 3.17. The summed E-state index contributed by atoms with van der Waals surface area (Å²) in [7, 11) is 0. The van der Waals surface area contributed by atoms with Crippen LogP contribution in [0.25, 0.3) is 0 Å². The number of imide groups is 1. The molecule has 1 aliphatic heterocycles. The Hall–Kier alpha value is -2.04. The molecular formula is C14H19N3O2. The van der Waals surface area contributed by atoms with E-state index >= 15 is 0 Å². The summed E-state index contributed by atoms with van der Waals surface area (Å²) < 4.78 is 0. The SMILES string of the molecule is Cc1c(N)cccc1NC(=O)N1CCCCCC1=O. The van der Waals surface area contributed by atoms with Gasteiger partial charge in [-0.2, -0.15) is 0 Å². The fraction of sp³-hybridized carbons (Fsp3) is 0.429. The first-order valence-corrected chi connectivity index (χ1v) is 6.56.